The first-order chi connectivity index (χ1) is 16.7. The van der Waals surface area contributed by atoms with Gasteiger partial charge >= 0.3 is 5.97 Å². The van der Waals surface area contributed by atoms with Gasteiger partial charge in [-0.15, -0.1) is 0 Å². The zero-order chi connectivity index (χ0) is 25.8. The molecule has 0 aromatic heterocycles. The highest BCUT2D eigenvalue weighted by Gasteiger charge is 2.32. The molecule has 0 aliphatic carbocycles. The molecule has 10 heteroatoms. The predicted octanol–water partition coefficient (Wildman–Crippen LogP) is 0.305. The average molecular weight is 490 g/mol. The lowest BCUT2D eigenvalue weighted by molar-refractivity contribution is -0.142. The molecule has 1 fully saturated rings. The summed E-state index contributed by atoms with van der Waals surface area (Å²) in [6.45, 7) is 4.72. The molecule has 2 rings (SSSR count). The summed E-state index contributed by atoms with van der Waals surface area (Å²) in [5, 5.41) is 20.7. The van der Waals surface area contributed by atoms with Crippen molar-refractivity contribution in [1.29, 1.82) is 0 Å². The summed E-state index contributed by atoms with van der Waals surface area (Å²) in [4.78, 5) is 50.6. The number of hydrogen-bond acceptors (Lipinski definition) is 6. The minimum Gasteiger partial charge on any atom is -0.480 e. The fourth-order valence-electron chi connectivity index (χ4n) is 4.04. The highest BCUT2D eigenvalue weighted by Crippen LogP contribution is 2.10. The lowest BCUT2D eigenvalue weighted by Gasteiger charge is -2.27. The van der Waals surface area contributed by atoms with E-state index in [0.717, 1.165) is 18.5 Å². The van der Waals surface area contributed by atoms with Gasteiger partial charge in [-0.2, -0.15) is 0 Å². The SMILES string of the molecule is CC(C)C(NC(=O)C(Cc1ccccc1)NC(=O)C1CCCN1)C(=O)NC(CCCCN)C(=O)O. The molecule has 0 saturated carbocycles. The van der Waals surface area contributed by atoms with Crippen LogP contribution >= 0.6 is 0 Å². The van der Waals surface area contributed by atoms with Crippen LogP contribution in [0.25, 0.3) is 0 Å². The van der Waals surface area contributed by atoms with Crippen LogP contribution in [0, 0.1) is 5.92 Å². The molecule has 4 atom stereocenters. The number of carboxylic acids is 1. The van der Waals surface area contributed by atoms with Gasteiger partial charge in [-0.05, 0) is 56.7 Å². The van der Waals surface area contributed by atoms with Crippen LogP contribution in [0.1, 0.15) is 51.5 Å². The van der Waals surface area contributed by atoms with Crippen LogP contribution in [0.3, 0.4) is 0 Å². The quantitative estimate of drug-likeness (QED) is 0.205. The maximum Gasteiger partial charge on any atom is 0.326 e. The molecule has 1 heterocycles. The van der Waals surface area contributed by atoms with Crippen molar-refractivity contribution in [3.63, 3.8) is 0 Å². The number of rotatable bonds is 14. The Balaban J connectivity index is 2.12. The number of nitrogens with one attached hydrogen (secondary N) is 4. The zero-order valence-corrected chi connectivity index (χ0v) is 20.6. The maximum atomic E-state index is 13.3. The average Bonchev–Trinajstić information content (AvgIpc) is 3.37. The number of benzene rings is 1. The van der Waals surface area contributed by atoms with Gasteiger partial charge in [0.05, 0.1) is 6.04 Å². The molecule has 1 aromatic carbocycles. The molecule has 10 nitrogen and oxygen atoms in total. The van der Waals surface area contributed by atoms with Gasteiger partial charge < -0.3 is 32.1 Å². The van der Waals surface area contributed by atoms with Crippen molar-refractivity contribution in [3.05, 3.63) is 35.9 Å². The number of unbranched alkanes of at least 4 members (excludes halogenated alkanes) is 1. The number of carbonyl (C=O) groups is 4. The lowest BCUT2D eigenvalue weighted by atomic mass is 10.00. The Bertz CT molecular complexity index is 842. The Morgan fingerprint density at radius 2 is 1.74 bits per heavy atom. The summed E-state index contributed by atoms with van der Waals surface area (Å²) in [5.74, 6) is -2.76. The number of nitrogens with two attached hydrogens (primary N) is 1. The molecule has 4 unspecified atom stereocenters. The topological polar surface area (TPSA) is 163 Å². The number of carbonyl (C=O) groups excluding carboxylic acids is 3. The first-order valence-corrected chi connectivity index (χ1v) is 12.3. The van der Waals surface area contributed by atoms with Gasteiger partial charge in [-0.1, -0.05) is 44.2 Å². The Hall–Kier alpha value is -2.98. The van der Waals surface area contributed by atoms with Crippen molar-refractivity contribution >= 4 is 23.7 Å². The van der Waals surface area contributed by atoms with Crippen molar-refractivity contribution in [1.82, 2.24) is 21.3 Å². The molecule has 0 spiro atoms. The fourth-order valence-corrected chi connectivity index (χ4v) is 4.04. The van der Waals surface area contributed by atoms with E-state index in [1.807, 2.05) is 30.3 Å². The van der Waals surface area contributed by atoms with Gasteiger partial charge in [0.1, 0.15) is 18.1 Å². The van der Waals surface area contributed by atoms with E-state index in [2.05, 4.69) is 21.3 Å². The predicted molar refractivity (Wildman–Crippen MR) is 132 cm³/mol. The summed E-state index contributed by atoms with van der Waals surface area (Å²) in [6, 6.07) is 6.04. The summed E-state index contributed by atoms with van der Waals surface area (Å²) in [7, 11) is 0. The third-order valence-electron chi connectivity index (χ3n) is 6.10. The molecule has 0 radical (unpaired) electrons. The molecule has 194 valence electrons. The Morgan fingerprint density at radius 3 is 2.31 bits per heavy atom. The van der Waals surface area contributed by atoms with Crippen molar-refractivity contribution in [2.75, 3.05) is 13.1 Å². The second-order valence-corrected chi connectivity index (χ2v) is 9.31. The second kappa shape index (κ2) is 14.4. The molecular formula is C25H39N5O5. The number of aliphatic carboxylic acids is 1. The van der Waals surface area contributed by atoms with Gasteiger partial charge in [-0.25, -0.2) is 4.79 Å². The molecular weight excluding hydrogens is 450 g/mol. The van der Waals surface area contributed by atoms with Crippen LogP contribution in [-0.2, 0) is 25.6 Å². The highest BCUT2D eigenvalue weighted by molar-refractivity contribution is 5.94. The minimum atomic E-state index is -1.14. The van der Waals surface area contributed by atoms with Gasteiger partial charge in [-0.3, -0.25) is 14.4 Å². The van der Waals surface area contributed by atoms with Gasteiger partial charge in [0.15, 0.2) is 0 Å². The van der Waals surface area contributed by atoms with E-state index in [4.69, 9.17) is 5.73 Å². The molecule has 1 aromatic rings. The molecule has 0 bridgehead atoms. The van der Waals surface area contributed by atoms with E-state index < -0.39 is 35.9 Å². The monoisotopic (exact) mass is 489 g/mol. The second-order valence-electron chi connectivity index (χ2n) is 9.31. The summed E-state index contributed by atoms with van der Waals surface area (Å²) in [6.07, 6.45) is 3.31. The number of hydrogen-bond donors (Lipinski definition) is 6. The lowest BCUT2D eigenvalue weighted by Crippen LogP contribution is -2.58. The standard InChI is InChI=1S/C25H39N5O5/c1-16(2)21(24(33)28-19(25(34)35)11-6-7-13-26)30-23(32)20(15-17-9-4-3-5-10-17)29-22(31)18-12-8-14-27-18/h3-5,9-10,16,18-21,27H,6-8,11-15,26H2,1-2H3,(H,28,33)(H,29,31)(H,30,32)(H,34,35). The largest absolute Gasteiger partial charge is 0.480 e. The first-order valence-electron chi connectivity index (χ1n) is 12.3. The van der Waals surface area contributed by atoms with E-state index in [-0.39, 0.29) is 30.7 Å². The molecule has 1 saturated heterocycles. The molecule has 3 amide bonds. The van der Waals surface area contributed by atoms with Crippen molar-refractivity contribution < 1.29 is 24.3 Å². The third-order valence-corrected chi connectivity index (χ3v) is 6.10. The van der Waals surface area contributed by atoms with Crippen LogP contribution in [0.2, 0.25) is 0 Å². The Morgan fingerprint density at radius 1 is 1.03 bits per heavy atom. The smallest absolute Gasteiger partial charge is 0.326 e. The molecule has 35 heavy (non-hydrogen) atoms. The minimum absolute atomic E-state index is 0.248. The molecule has 1 aliphatic heterocycles. The van der Waals surface area contributed by atoms with E-state index in [0.29, 0.717) is 25.8 Å². The summed E-state index contributed by atoms with van der Waals surface area (Å²) in [5.41, 5.74) is 6.34. The van der Waals surface area contributed by atoms with Crippen molar-refractivity contribution in [3.8, 4) is 0 Å². The van der Waals surface area contributed by atoms with Crippen LogP contribution in [-0.4, -0.2) is 66.1 Å². The Kier molecular flexibility index (Phi) is 11.6. The maximum absolute atomic E-state index is 13.3. The highest BCUT2D eigenvalue weighted by atomic mass is 16.4. The number of amides is 3. The molecule has 7 N–H and O–H groups in total. The van der Waals surface area contributed by atoms with Gasteiger partial charge in [0, 0.05) is 6.42 Å². The summed E-state index contributed by atoms with van der Waals surface area (Å²) < 4.78 is 0. The van der Waals surface area contributed by atoms with Crippen LogP contribution in [0.5, 0.6) is 0 Å². The van der Waals surface area contributed by atoms with Crippen LogP contribution < -0.4 is 27.0 Å². The van der Waals surface area contributed by atoms with Gasteiger partial charge in [0.25, 0.3) is 0 Å². The third kappa shape index (κ3) is 9.29. The van der Waals surface area contributed by atoms with Crippen LogP contribution in [0.4, 0.5) is 0 Å². The zero-order valence-electron chi connectivity index (χ0n) is 20.6. The van der Waals surface area contributed by atoms with E-state index in [1.165, 1.54) is 0 Å². The first kappa shape index (κ1) is 28.3. The van der Waals surface area contributed by atoms with Crippen molar-refractivity contribution in [2.45, 2.75) is 76.5 Å². The number of carboxylic acid groups (broad SMARTS) is 1. The van der Waals surface area contributed by atoms with Crippen molar-refractivity contribution in [2.24, 2.45) is 11.7 Å². The van der Waals surface area contributed by atoms with Gasteiger partial charge in [0.2, 0.25) is 17.7 Å². The normalized spacial score (nSPS) is 17.9. The fraction of sp³-hybridized carbons (Fsp3) is 0.600. The van der Waals surface area contributed by atoms with Crippen LogP contribution in [0.15, 0.2) is 30.3 Å². The Labute approximate surface area is 206 Å². The van der Waals surface area contributed by atoms with E-state index >= 15 is 0 Å². The van der Waals surface area contributed by atoms with E-state index in [9.17, 15) is 24.3 Å². The van der Waals surface area contributed by atoms with E-state index in [1.54, 1.807) is 13.8 Å². The summed E-state index contributed by atoms with van der Waals surface area (Å²) >= 11 is 0. The molecule has 1 aliphatic rings.